The molecule has 1 aromatic heterocycles. The van der Waals surface area contributed by atoms with E-state index in [0.717, 1.165) is 22.4 Å². The molecule has 27 heavy (non-hydrogen) atoms. The highest BCUT2D eigenvalue weighted by Crippen LogP contribution is 2.33. The van der Waals surface area contributed by atoms with Crippen LogP contribution in [-0.2, 0) is 0 Å². The Labute approximate surface area is 157 Å². The van der Waals surface area contributed by atoms with Crippen LogP contribution in [0.3, 0.4) is 0 Å². The largest absolute Gasteiger partial charge is 0.422 e. The molecule has 0 saturated carbocycles. The van der Waals surface area contributed by atoms with Crippen LogP contribution in [0.15, 0.2) is 103 Å². The molecule has 0 atom stereocenters. The Kier molecular flexibility index (Phi) is 4.75. The summed E-state index contributed by atoms with van der Waals surface area (Å²) in [6.07, 6.45) is 1.73. The van der Waals surface area contributed by atoms with E-state index in [1.807, 2.05) is 84.9 Å². The van der Waals surface area contributed by atoms with Gasteiger partial charge in [-0.2, -0.15) is 0 Å². The van der Waals surface area contributed by atoms with Gasteiger partial charge in [0.2, 0.25) is 0 Å². The Hall–Kier alpha value is -3.72. The van der Waals surface area contributed by atoms with Gasteiger partial charge in [-0.25, -0.2) is 4.79 Å². The lowest BCUT2D eigenvalue weighted by atomic mass is 10.0. The third kappa shape index (κ3) is 3.77. The van der Waals surface area contributed by atoms with Crippen molar-refractivity contribution < 1.29 is 9.53 Å². The summed E-state index contributed by atoms with van der Waals surface area (Å²) < 4.78 is 5.77. The molecule has 0 aliphatic carbocycles. The van der Waals surface area contributed by atoms with Crippen molar-refractivity contribution in [2.75, 3.05) is 0 Å². The third-order valence-electron chi connectivity index (χ3n) is 4.24. The Morgan fingerprint density at radius 2 is 1.41 bits per heavy atom. The van der Waals surface area contributed by atoms with Crippen molar-refractivity contribution in [3.05, 3.63) is 109 Å². The van der Waals surface area contributed by atoms with Gasteiger partial charge in [0, 0.05) is 11.8 Å². The van der Waals surface area contributed by atoms with Gasteiger partial charge in [-0.15, -0.1) is 0 Å². The van der Waals surface area contributed by atoms with Crippen LogP contribution in [0.1, 0.15) is 10.4 Å². The van der Waals surface area contributed by atoms with Crippen LogP contribution >= 0.6 is 0 Å². The first-order chi connectivity index (χ1) is 13.3. The summed E-state index contributed by atoms with van der Waals surface area (Å²) in [7, 11) is 0. The highest BCUT2D eigenvalue weighted by atomic mass is 16.5. The van der Waals surface area contributed by atoms with Crippen LogP contribution < -0.4 is 4.74 Å². The highest BCUT2D eigenvalue weighted by molar-refractivity contribution is 5.92. The molecule has 0 aliphatic heterocycles. The molecule has 0 amide bonds. The summed E-state index contributed by atoms with van der Waals surface area (Å²) in [5.41, 5.74) is 4.08. The fraction of sp³-hybridized carbons (Fsp3) is 0. The molecule has 4 aromatic rings. The molecule has 4 rings (SSSR count). The van der Waals surface area contributed by atoms with Crippen LogP contribution in [0.2, 0.25) is 0 Å². The van der Waals surface area contributed by atoms with Crippen molar-refractivity contribution in [3.63, 3.8) is 0 Å². The molecule has 3 nitrogen and oxygen atoms in total. The maximum atomic E-state index is 12.6. The van der Waals surface area contributed by atoms with Crippen molar-refractivity contribution >= 4 is 5.97 Å². The molecule has 3 heteroatoms. The minimum absolute atomic E-state index is 0.391. The molecule has 0 radical (unpaired) electrons. The standard InChI is InChI=1S/C24H17NO2/c26-24(19-11-5-2-6-12-19)27-23-17-20(18-9-3-1-4-10-18)14-15-21(23)22-13-7-8-16-25-22/h1-17H. The fourth-order valence-corrected chi connectivity index (χ4v) is 2.88. The molecule has 130 valence electrons. The molecule has 0 spiro atoms. The van der Waals surface area contributed by atoms with E-state index in [4.69, 9.17) is 4.74 Å². The van der Waals surface area contributed by atoms with Crippen LogP contribution in [0.5, 0.6) is 5.75 Å². The van der Waals surface area contributed by atoms with Crippen molar-refractivity contribution in [3.8, 4) is 28.1 Å². The smallest absolute Gasteiger partial charge is 0.343 e. The number of ether oxygens (including phenoxy) is 1. The molecular formula is C24H17NO2. The lowest BCUT2D eigenvalue weighted by Gasteiger charge is -2.12. The molecule has 0 saturated heterocycles. The average Bonchev–Trinajstić information content (AvgIpc) is 2.75. The number of carbonyl (C=O) groups excluding carboxylic acids is 1. The summed E-state index contributed by atoms with van der Waals surface area (Å²) in [4.78, 5) is 17.0. The maximum Gasteiger partial charge on any atom is 0.343 e. The Bertz CT molecular complexity index is 1050. The molecule has 0 bridgehead atoms. The Morgan fingerprint density at radius 3 is 2.11 bits per heavy atom. The number of carbonyl (C=O) groups is 1. The number of esters is 1. The lowest BCUT2D eigenvalue weighted by Crippen LogP contribution is -2.09. The second-order valence-electron chi connectivity index (χ2n) is 6.05. The summed E-state index contributed by atoms with van der Waals surface area (Å²) in [5.74, 6) is 0.0990. The Morgan fingerprint density at radius 1 is 0.704 bits per heavy atom. The topological polar surface area (TPSA) is 39.2 Å². The van der Waals surface area contributed by atoms with Gasteiger partial charge in [-0.1, -0.05) is 60.7 Å². The molecule has 0 aliphatic rings. The van der Waals surface area contributed by atoms with Crippen LogP contribution in [0, 0.1) is 0 Å². The summed E-state index contributed by atoms with van der Waals surface area (Å²) >= 11 is 0. The molecule has 0 N–H and O–H groups in total. The second-order valence-corrected chi connectivity index (χ2v) is 6.05. The van der Waals surface area contributed by atoms with E-state index in [9.17, 15) is 4.79 Å². The number of hydrogen-bond donors (Lipinski definition) is 0. The quantitative estimate of drug-likeness (QED) is 0.353. The predicted octanol–water partition coefficient (Wildman–Crippen LogP) is 5.63. The number of rotatable bonds is 4. The molecule has 3 aromatic carbocycles. The zero-order valence-corrected chi connectivity index (χ0v) is 14.6. The monoisotopic (exact) mass is 351 g/mol. The van der Waals surface area contributed by atoms with Crippen molar-refractivity contribution in [2.24, 2.45) is 0 Å². The summed E-state index contributed by atoms with van der Waals surface area (Å²) in [6.45, 7) is 0. The maximum absolute atomic E-state index is 12.6. The van der Waals surface area contributed by atoms with Gasteiger partial charge in [-0.05, 0) is 47.5 Å². The number of benzene rings is 3. The number of hydrogen-bond acceptors (Lipinski definition) is 3. The molecule has 1 heterocycles. The van der Waals surface area contributed by atoms with Crippen LogP contribution in [-0.4, -0.2) is 11.0 Å². The number of pyridine rings is 1. The molecule has 0 fully saturated rings. The average molecular weight is 351 g/mol. The SMILES string of the molecule is O=C(Oc1cc(-c2ccccc2)ccc1-c1ccccn1)c1ccccc1. The minimum Gasteiger partial charge on any atom is -0.422 e. The molecular weight excluding hydrogens is 334 g/mol. The van der Waals surface area contributed by atoms with E-state index < -0.39 is 5.97 Å². The van der Waals surface area contributed by atoms with Crippen LogP contribution in [0.4, 0.5) is 0 Å². The zero-order valence-electron chi connectivity index (χ0n) is 14.6. The van der Waals surface area contributed by atoms with Gasteiger partial charge in [0.25, 0.3) is 0 Å². The summed E-state index contributed by atoms with van der Waals surface area (Å²) in [5, 5.41) is 0. The van der Waals surface area contributed by atoms with E-state index in [1.165, 1.54) is 0 Å². The third-order valence-corrected chi connectivity index (χ3v) is 4.24. The fourth-order valence-electron chi connectivity index (χ4n) is 2.88. The first kappa shape index (κ1) is 16.7. The zero-order chi connectivity index (χ0) is 18.5. The normalized spacial score (nSPS) is 10.4. The van der Waals surface area contributed by atoms with Crippen molar-refractivity contribution in [1.82, 2.24) is 4.98 Å². The minimum atomic E-state index is -0.391. The van der Waals surface area contributed by atoms with Crippen molar-refractivity contribution in [1.29, 1.82) is 0 Å². The summed E-state index contributed by atoms with van der Waals surface area (Å²) in [6, 6.07) is 30.5. The van der Waals surface area contributed by atoms with Gasteiger partial charge < -0.3 is 4.74 Å². The van der Waals surface area contributed by atoms with Crippen molar-refractivity contribution in [2.45, 2.75) is 0 Å². The Balaban J connectivity index is 1.77. The highest BCUT2D eigenvalue weighted by Gasteiger charge is 2.14. The van der Waals surface area contributed by atoms with E-state index in [2.05, 4.69) is 4.98 Å². The van der Waals surface area contributed by atoms with Gasteiger partial charge in [0.05, 0.1) is 11.3 Å². The number of nitrogens with zero attached hydrogens (tertiary/aromatic N) is 1. The second kappa shape index (κ2) is 7.67. The van der Waals surface area contributed by atoms with E-state index in [1.54, 1.807) is 18.3 Å². The predicted molar refractivity (Wildman–Crippen MR) is 107 cm³/mol. The van der Waals surface area contributed by atoms with Gasteiger partial charge in [0.1, 0.15) is 5.75 Å². The number of aromatic nitrogens is 1. The van der Waals surface area contributed by atoms with E-state index >= 15 is 0 Å². The van der Waals surface area contributed by atoms with Gasteiger partial charge in [-0.3, -0.25) is 4.98 Å². The molecule has 0 unspecified atom stereocenters. The lowest BCUT2D eigenvalue weighted by molar-refractivity contribution is 0.0735. The van der Waals surface area contributed by atoms with Gasteiger partial charge >= 0.3 is 5.97 Å². The first-order valence-electron chi connectivity index (χ1n) is 8.69. The van der Waals surface area contributed by atoms with E-state index in [0.29, 0.717) is 11.3 Å². The first-order valence-corrected chi connectivity index (χ1v) is 8.69. The van der Waals surface area contributed by atoms with E-state index in [-0.39, 0.29) is 0 Å². The van der Waals surface area contributed by atoms with Crippen LogP contribution in [0.25, 0.3) is 22.4 Å². The van der Waals surface area contributed by atoms with Gasteiger partial charge in [0.15, 0.2) is 0 Å².